The molecular weight excluding hydrogens is 560 g/mol. The number of ether oxygens (including phenoxy) is 3. The maximum atomic E-state index is 13.8. The first-order valence-electron chi connectivity index (χ1n) is 14.4. The van der Waals surface area contributed by atoms with Crippen molar-refractivity contribution in [2.24, 2.45) is 5.41 Å². The minimum absolute atomic E-state index is 0.208. The molecule has 224 valence electrons. The number of esters is 1. The van der Waals surface area contributed by atoms with Crippen LogP contribution in [0.15, 0.2) is 66.7 Å². The van der Waals surface area contributed by atoms with E-state index < -0.39 is 5.41 Å². The van der Waals surface area contributed by atoms with E-state index in [1.807, 2.05) is 100.0 Å². The van der Waals surface area contributed by atoms with Crippen LogP contribution in [0, 0.1) is 19.3 Å². The Balaban J connectivity index is 1.46. The van der Waals surface area contributed by atoms with Crippen molar-refractivity contribution >= 4 is 28.3 Å². The normalized spacial score (nSPS) is 12.4. The molecule has 8 nitrogen and oxygen atoms in total. The number of nitrogens with zero attached hydrogens (tertiary/aromatic N) is 4. The van der Waals surface area contributed by atoms with Crippen molar-refractivity contribution in [3.63, 3.8) is 0 Å². The summed E-state index contributed by atoms with van der Waals surface area (Å²) in [7, 11) is 1.65. The van der Waals surface area contributed by atoms with Gasteiger partial charge in [-0.2, -0.15) is 0 Å². The molecule has 3 aromatic carbocycles. The number of rotatable bonds is 12. The van der Waals surface area contributed by atoms with Crippen molar-refractivity contribution in [3.05, 3.63) is 105 Å². The fourth-order valence-electron chi connectivity index (χ4n) is 5.28. The van der Waals surface area contributed by atoms with Gasteiger partial charge in [-0.1, -0.05) is 53.7 Å². The van der Waals surface area contributed by atoms with Gasteiger partial charge in [0.25, 0.3) is 0 Å². The summed E-state index contributed by atoms with van der Waals surface area (Å²) in [5.41, 5.74) is 5.69. The predicted octanol–water partition coefficient (Wildman–Crippen LogP) is 7.15. The number of aryl methyl sites for hydroxylation is 3. The summed E-state index contributed by atoms with van der Waals surface area (Å²) in [5.74, 6) is 0.152. The van der Waals surface area contributed by atoms with Crippen molar-refractivity contribution in [1.29, 1.82) is 0 Å². The molecule has 5 rings (SSSR count). The van der Waals surface area contributed by atoms with E-state index in [0.717, 1.165) is 61.2 Å². The van der Waals surface area contributed by atoms with Gasteiger partial charge in [-0.05, 0) is 75.1 Å². The summed E-state index contributed by atoms with van der Waals surface area (Å²) < 4.78 is 19.1. The van der Waals surface area contributed by atoms with E-state index in [4.69, 9.17) is 19.2 Å². The monoisotopic (exact) mass is 598 g/mol. The van der Waals surface area contributed by atoms with Crippen molar-refractivity contribution in [3.8, 4) is 5.75 Å². The molecule has 0 fully saturated rings. The van der Waals surface area contributed by atoms with Crippen LogP contribution in [-0.2, 0) is 40.6 Å². The molecule has 43 heavy (non-hydrogen) atoms. The molecule has 0 bridgehead atoms. The van der Waals surface area contributed by atoms with E-state index in [9.17, 15) is 4.79 Å². The van der Waals surface area contributed by atoms with E-state index in [0.29, 0.717) is 13.2 Å². The van der Waals surface area contributed by atoms with Crippen molar-refractivity contribution in [2.75, 3.05) is 7.11 Å². The maximum Gasteiger partial charge on any atom is 0.312 e. The molecule has 9 heteroatoms. The Morgan fingerprint density at radius 1 is 0.953 bits per heavy atom. The number of carbonyl (C=O) groups excluding carboxylic acids is 1. The second-order valence-corrected chi connectivity index (χ2v) is 12.4. The Morgan fingerprint density at radius 2 is 1.67 bits per heavy atom. The average Bonchev–Trinajstić information content (AvgIpc) is 3.61. The van der Waals surface area contributed by atoms with Gasteiger partial charge in [-0.3, -0.25) is 4.79 Å². The first-order chi connectivity index (χ1) is 20.7. The molecule has 0 saturated heterocycles. The minimum atomic E-state index is -0.931. The number of hydrogen-bond acceptors (Lipinski definition) is 8. The Hall–Kier alpha value is -4.08. The maximum absolute atomic E-state index is 13.8. The molecule has 0 amide bonds. The number of carbonyl (C=O) groups is 1. The van der Waals surface area contributed by atoms with Crippen molar-refractivity contribution < 1.29 is 19.0 Å². The highest BCUT2D eigenvalue weighted by molar-refractivity contribution is 7.11. The summed E-state index contributed by atoms with van der Waals surface area (Å²) >= 11 is 1.59. The van der Waals surface area contributed by atoms with Crippen LogP contribution in [0.4, 0.5) is 0 Å². The predicted molar refractivity (Wildman–Crippen MR) is 168 cm³/mol. The second-order valence-electron chi connectivity index (χ2n) is 11.2. The zero-order chi connectivity index (χ0) is 30.6. The lowest BCUT2D eigenvalue weighted by Crippen LogP contribution is -2.34. The lowest BCUT2D eigenvalue weighted by atomic mass is 9.73. The van der Waals surface area contributed by atoms with Crippen LogP contribution in [0.1, 0.15) is 64.5 Å². The lowest BCUT2D eigenvalue weighted by Gasteiger charge is -2.32. The van der Waals surface area contributed by atoms with Crippen LogP contribution >= 0.6 is 11.3 Å². The Morgan fingerprint density at radius 3 is 2.37 bits per heavy atom. The molecule has 0 unspecified atom stereocenters. The van der Waals surface area contributed by atoms with Gasteiger partial charge in [-0.15, -0.1) is 16.4 Å². The lowest BCUT2D eigenvalue weighted by molar-refractivity contribution is -0.156. The number of hydrogen-bond donors (Lipinski definition) is 0. The van der Waals surface area contributed by atoms with Crippen LogP contribution in [0.2, 0.25) is 0 Å². The SMILES string of the molecule is CCn1nnc2c(C)c([C@@H](c3nc(COCc4ccc(OC)cc4)c(C)s3)C(C)(C)C(=O)OCc3ccccc3)ccc21. The quantitative estimate of drug-likeness (QED) is 0.141. The molecular formula is C34H38N4O4S. The van der Waals surface area contributed by atoms with Crippen molar-refractivity contribution in [1.82, 2.24) is 20.0 Å². The molecule has 0 N–H and O–H groups in total. The van der Waals surface area contributed by atoms with Crippen LogP contribution in [0.3, 0.4) is 0 Å². The largest absolute Gasteiger partial charge is 0.497 e. The van der Waals surface area contributed by atoms with Gasteiger partial charge in [0, 0.05) is 11.4 Å². The molecule has 0 aliphatic rings. The first kappa shape index (κ1) is 30.4. The molecule has 2 heterocycles. The third-order valence-corrected chi connectivity index (χ3v) is 8.95. The van der Waals surface area contributed by atoms with Gasteiger partial charge < -0.3 is 14.2 Å². The molecule has 0 radical (unpaired) electrons. The Labute approximate surface area is 256 Å². The van der Waals surface area contributed by atoms with Gasteiger partial charge in [0.15, 0.2) is 0 Å². The molecule has 0 spiro atoms. The van der Waals surface area contributed by atoms with Gasteiger partial charge >= 0.3 is 5.97 Å². The van der Waals surface area contributed by atoms with Gasteiger partial charge in [0.1, 0.15) is 22.9 Å². The molecule has 0 aliphatic carbocycles. The fourth-order valence-corrected chi connectivity index (χ4v) is 6.51. The van der Waals surface area contributed by atoms with E-state index >= 15 is 0 Å². The molecule has 2 aromatic heterocycles. The first-order valence-corrected chi connectivity index (χ1v) is 15.2. The molecule has 0 saturated carbocycles. The number of thiazole rings is 1. The zero-order valence-electron chi connectivity index (χ0n) is 25.6. The number of methoxy groups -OCH3 is 1. The summed E-state index contributed by atoms with van der Waals surface area (Å²) in [6.45, 7) is 11.8. The van der Waals surface area contributed by atoms with E-state index in [2.05, 4.69) is 16.4 Å². The zero-order valence-corrected chi connectivity index (χ0v) is 26.4. The third-order valence-electron chi connectivity index (χ3n) is 7.88. The Kier molecular flexibility index (Phi) is 9.22. The summed E-state index contributed by atoms with van der Waals surface area (Å²) in [4.78, 5) is 19.9. The Bertz CT molecular complexity index is 1690. The topological polar surface area (TPSA) is 88.4 Å². The smallest absolute Gasteiger partial charge is 0.312 e. The van der Waals surface area contributed by atoms with Crippen molar-refractivity contribution in [2.45, 2.75) is 66.9 Å². The highest BCUT2D eigenvalue weighted by Crippen LogP contribution is 2.46. The average molecular weight is 599 g/mol. The van der Waals surface area contributed by atoms with Crippen LogP contribution in [0.25, 0.3) is 11.0 Å². The van der Waals surface area contributed by atoms with E-state index in [1.54, 1.807) is 18.4 Å². The second kappa shape index (κ2) is 13.1. The number of benzene rings is 3. The van der Waals surface area contributed by atoms with E-state index in [-0.39, 0.29) is 18.5 Å². The van der Waals surface area contributed by atoms with Gasteiger partial charge in [0.05, 0.1) is 42.9 Å². The van der Waals surface area contributed by atoms with Gasteiger partial charge in [0.2, 0.25) is 0 Å². The third kappa shape index (κ3) is 6.48. The number of fused-ring (bicyclic) bond motifs is 1. The number of aromatic nitrogens is 4. The molecule has 5 aromatic rings. The fraction of sp³-hybridized carbons (Fsp3) is 0.353. The van der Waals surface area contributed by atoms with Crippen LogP contribution in [-0.4, -0.2) is 33.1 Å². The highest BCUT2D eigenvalue weighted by Gasteiger charge is 2.43. The summed E-state index contributed by atoms with van der Waals surface area (Å²) in [5, 5.41) is 9.66. The minimum Gasteiger partial charge on any atom is -0.497 e. The van der Waals surface area contributed by atoms with Crippen LogP contribution in [0.5, 0.6) is 5.75 Å². The molecule has 0 aliphatic heterocycles. The van der Waals surface area contributed by atoms with E-state index in [1.165, 1.54) is 0 Å². The molecule has 1 atom stereocenters. The standard InChI is InChI=1S/C34H38N4O4S/c1-7-38-29-18-17-27(22(2)31(29)36-37-38)30(34(4,5)33(39)42-20-24-11-9-8-10-12-24)32-35-28(23(3)43-32)21-41-19-25-13-15-26(40-6)16-14-25/h8-18,30H,7,19-21H2,1-6H3/t30-/m0/s1. The highest BCUT2D eigenvalue weighted by atomic mass is 32.1. The summed E-state index contributed by atoms with van der Waals surface area (Å²) in [6.07, 6.45) is 0. The van der Waals surface area contributed by atoms with Gasteiger partial charge in [-0.25, -0.2) is 9.67 Å². The summed E-state index contributed by atoms with van der Waals surface area (Å²) in [6, 6.07) is 21.7. The van der Waals surface area contributed by atoms with Crippen LogP contribution < -0.4 is 4.74 Å².